The largest absolute Gasteiger partial charge is 0.463 e. The van der Waals surface area contributed by atoms with E-state index in [9.17, 15) is 0 Å². The molecule has 0 radical (unpaired) electrons. The van der Waals surface area contributed by atoms with Crippen molar-refractivity contribution >= 4 is 0 Å². The Kier molecular flexibility index (Phi) is 4.92. The highest BCUT2D eigenvalue weighted by molar-refractivity contribution is 5.07. The van der Waals surface area contributed by atoms with Crippen LogP contribution in [0.4, 0.5) is 0 Å². The van der Waals surface area contributed by atoms with Gasteiger partial charge in [-0.15, -0.1) is 0 Å². The summed E-state index contributed by atoms with van der Waals surface area (Å²) in [4.78, 5) is 2.53. The first-order valence-electron chi connectivity index (χ1n) is 7.87. The standard InChI is InChI=1S/C17H30N2O/c1-13-8-14(2)11-19(10-13)12-16-7-6-15(20-16)9-18-17(3,4)5/h6-7,13-14,18H,8-12H2,1-5H3. The molecule has 2 unspecified atom stereocenters. The molecule has 1 aliphatic rings. The minimum Gasteiger partial charge on any atom is -0.463 e. The van der Waals surface area contributed by atoms with E-state index in [-0.39, 0.29) is 5.54 Å². The van der Waals surface area contributed by atoms with Crippen molar-refractivity contribution in [3.05, 3.63) is 23.7 Å². The van der Waals surface area contributed by atoms with E-state index in [2.05, 4.69) is 57.0 Å². The van der Waals surface area contributed by atoms with Crippen molar-refractivity contribution < 1.29 is 4.42 Å². The summed E-state index contributed by atoms with van der Waals surface area (Å²) in [5.41, 5.74) is 0.130. The number of nitrogens with one attached hydrogen (secondary N) is 1. The molecular weight excluding hydrogens is 248 g/mol. The molecule has 3 nitrogen and oxygen atoms in total. The minimum absolute atomic E-state index is 0.130. The van der Waals surface area contributed by atoms with Crippen molar-refractivity contribution in [2.24, 2.45) is 11.8 Å². The van der Waals surface area contributed by atoms with Gasteiger partial charge in [0.05, 0.1) is 13.1 Å². The maximum absolute atomic E-state index is 5.95. The van der Waals surface area contributed by atoms with Crippen LogP contribution >= 0.6 is 0 Å². The molecule has 1 aromatic rings. The fourth-order valence-corrected chi connectivity index (χ4v) is 3.10. The van der Waals surface area contributed by atoms with Crippen LogP contribution in [-0.2, 0) is 13.1 Å². The van der Waals surface area contributed by atoms with Gasteiger partial charge >= 0.3 is 0 Å². The van der Waals surface area contributed by atoms with Crippen LogP contribution in [0.25, 0.3) is 0 Å². The molecule has 1 aliphatic heterocycles. The van der Waals surface area contributed by atoms with Crippen LogP contribution in [0.5, 0.6) is 0 Å². The Labute approximate surface area is 123 Å². The second kappa shape index (κ2) is 6.31. The molecular formula is C17H30N2O. The SMILES string of the molecule is CC1CC(C)CN(Cc2ccc(CNC(C)(C)C)o2)C1. The van der Waals surface area contributed by atoms with Crippen molar-refractivity contribution in [3.8, 4) is 0 Å². The van der Waals surface area contributed by atoms with Crippen LogP contribution in [0.2, 0.25) is 0 Å². The lowest BCUT2D eigenvalue weighted by molar-refractivity contribution is 0.125. The second-order valence-corrected chi connectivity index (χ2v) is 7.61. The molecule has 0 spiro atoms. The van der Waals surface area contributed by atoms with Crippen molar-refractivity contribution in [1.82, 2.24) is 10.2 Å². The highest BCUT2D eigenvalue weighted by atomic mass is 16.3. The van der Waals surface area contributed by atoms with Crippen LogP contribution in [-0.4, -0.2) is 23.5 Å². The first kappa shape index (κ1) is 15.6. The normalized spacial score (nSPS) is 25.1. The van der Waals surface area contributed by atoms with Crippen molar-refractivity contribution in [2.75, 3.05) is 13.1 Å². The van der Waals surface area contributed by atoms with Gasteiger partial charge in [0.1, 0.15) is 11.5 Å². The van der Waals surface area contributed by atoms with E-state index in [4.69, 9.17) is 4.42 Å². The van der Waals surface area contributed by atoms with Gasteiger partial charge in [-0.1, -0.05) is 13.8 Å². The Bertz CT molecular complexity index is 409. The maximum Gasteiger partial charge on any atom is 0.118 e. The molecule has 1 aromatic heterocycles. The average Bonchev–Trinajstić information content (AvgIpc) is 2.72. The fourth-order valence-electron chi connectivity index (χ4n) is 3.10. The Balaban J connectivity index is 1.86. The van der Waals surface area contributed by atoms with Crippen LogP contribution in [0.15, 0.2) is 16.5 Å². The van der Waals surface area contributed by atoms with Crippen molar-refractivity contribution in [1.29, 1.82) is 0 Å². The minimum atomic E-state index is 0.130. The topological polar surface area (TPSA) is 28.4 Å². The quantitative estimate of drug-likeness (QED) is 0.911. The summed E-state index contributed by atoms with van der Waals surface area (Å²) in [6.45, 7) is 15.4. The molecule has 3 heteroatoms. The van der Waals surface area contributed by atoms with Gasteiger partial charge in [0.25, 0.3) is 0 Å². The van der Waals surface area contributed by atoms with Crippen LogP contribution in [0.3, 0.4) is 0 Å². The van der Waals surface area contributed by atoms with E-state index in [1.807, 2.05) is 0 Å². The van der Waals surface area contributed by atoms with Crippen molar-refractivity contribution in [3.63, 3.8) is 0 Å². The molecule has 2 rings (SSSR count). The monoisotopic (exact) mass is 278 g/mol. The van der Waals surface area contributed by atoms with Crippen LogP contribution in [0, 0.1) is 11.8 Å². The maximum atomic E-state index is 5.95. The van der Waals surface area contributed by atoms with Crippen LogP contribution in [0.1, 0.15) is 52.6 Å². The second-order valence-electron chi connectivity index (χ2n) is 7.61. The molecule has 0 saturated carbocycles. The molecule has 2 heterocycles. The Hall–Kier alpha value is -0.800. The fraction of sp³-hybridized carbons (Fsp3) is 0.765. The van der Waals surface area contributed by atoms with E-state index < -0.39 is 0 Å². The van der Waals surface area contributed by atoms with Gasteiger partial charge in [0.2, 0.25) is 0 Å². The lowest BCUT2D eigenvalue weighted by Crippen LogP contribution is -2.38. The summed E-state index contributed by atoms with van der Waals surface area (Å²) in [7, 11) is 0. The van der Waals surface area contributed by atoms with E-state index >= 15 is 0 Å². The molecule has 20 heavy (non-hydrogen) atoms. The number of hydrogen-bond acceptors (Lipinski definition) is 3. The molecule has 0 bridgehead atoms. The smallest absolute Gasteiger partial charge is 0.118 e. The van der Waals surface area contributed by atoms with E-state index in [1.54, 1.807) is 0 Å². The number of furan rings is 1. The lowest BCUT2D eigenvalue weighted by Gasteiger charge is -2.34. The molecule has 1 N–H and O–H groups in total. The van der Waals surface area contributed by atoms with Gasteiger partial charge in [0, 0.05) is 18.6 Å². The van der Waals surface area contributed by atoms with Gasteiger partial charge in [-0.3, -0.25) is 4.90 Å². The number of likely N-dealkylation sites (tertiary alicyclic amines) is 1. The third-order valence-corrected chi connectivity index (χ3v) is 3.83. The van der Waals surface area contributed by atoms with E-state index in [0.717, 1.165) is 36.4 Å². The first-order chi connectivity index (χ1) is 9.32. The highest BCUT2D eigenvalue weighted by Crippen LogP contribution is 2.23. The zero-order valence-corrected chi connectivity index (χ0v) is 13.7. The van der Waals surface area contributed by atoms with Gasteiger partial charge in [0.15, 0.2) is 0 Å². The zero-order chi connectivity index (χ0) is 14.8. The summed E-state index contributed by atoms with van der Waals surface area (Å²) >= 11 is 0. The number of hydrogen-bond donors (Lipinski definition) is 1. The summed E-state index contributed by atoms with van der Waals surface area (Å²) in [6, 6.07) is 4.23. The molecule has 0 aromatic carbocycles. The first-order valence-corrected chi connectivity index (χ1v) is 7.87. The predicted molar refractivity (Wildman–Crippen MR) is 83.5 cm³/mol. The van der Waals surface area contributed by atoms with E-state index in [0.29, 0.717) is 0 Å². The zero-order valence-electron chi connectivity index (χ0n) is 13.7. The van der Waals surface area contributed by atoms with E-state index in [1.165, 1.54) is 19.5 Å². The molecule has 1 saturated heterocycles. The van der Waals surface area contributed by atoms with Gasteiger partial charge < -0.3 is 9.73 Å². The summed E-state index contributed by atoms with van der Waals surface area (Å²) < 4.78 is 5.95. The molecule has 1 fully saturated rings. The number of rotatable bonds is 4. The molecule has 0 amide bonds. The van der Waals surface area contributed by atoms with Gasteiger partial charge in [-0.05, 0) is 51.2 Å². The summed E-state index contributed by atoms with van der Waals surface area (Å²) in [6.07, 6.45) is 1.36. The lowest BCUT2D eigenvalue weighted by atomic mass is 9.92. The number of nitrogens with zero attached hydrogens (tertiary/aromatic N) is 1. The Morgan fingerprint density at radius 2 is 1.75 bits per heavy atom. The summed E-state index contributed by atoms with van der Waals surface area (Å²) in [5, 5.41) is 3.46. The van der Waals surface area contributed by atoms with Gasteiger partial charge in [-0.2, -0.15) is 0 Å². The molecule has 0 aliphatic carbocycles. The highest BCUT2D eigenvalue weighted by Gasteiger charge is 2.22. The predicted octanol–water partition coefficient (Wildman–Crippen LogP) is 3.65. The third-order valence-electron chi connectivity index (χ3n) is 3.83. The average molecular weight is 278 g/mol. The third kappa shape index (κ3) is 4.95. The van der Waals surface area contributed by atoms with Crippen LogP contribution < -0.4 is 5.32 Å². The summed E-state index contributed by atoms with van der Waals surface area (Å²) in [5.74, 6) is 3.73. The molecule has 2 atom stereocenters. The van der Waals surface area contributed by atoms with Crippen molar-refractivity contribution in [2.45, 2.75) is 59.7 Å². The molecule has 114 valence electrons. The Morgan fingerprint density at radius 1 is 1.15 bits per heavy atom. The number of piperidine rings is 1. The Morgan fingerprint density at radius 3 is 2.35 bits per heavy atom. The van der Waals surface area contributed by atoms with Gasteiger partial charge in [-0.25, -0.2) is 0 Å².